The minimum absolute atomic E-state index is 0.268. The molecule has 1 aliphatic heterocycles. The number of benzene rings is 2. The van der Waals surface area contributed by atoms with Gasteiger partial charge in [-0.3, -0.25) is 0 Å². The summed E-state index contributed by atoms with van der Waals surface area (Å²) in [6.07, 6.45) is 3.36. The molecule has 0 N–H and O–H groups in total. The summed E-state index contributed by atoms with van der Waals surface area (Å²) < 4.78 is 10.7. The zero-order chi connectivity index (χ0) is 16.1. The standard InChI is InChI=1S/C19H15NO3/c1-2-11-22-16-10-6-7-14(12-16)13-17-19(21)23-18(20-17)15-8-4-3-5-9-15/h2-10,12-13H,1,11H2/b17-13-. The van der Waals surface area contributed by atoms with Gasteiger partial charge >= 0.3 is 5.97 Å². The van der Waals surface area contributed by atoms with Crippen LogP contribution in [-0.2, 0) is 9.53 Å². The summed E-state index contributed by atoms with van der Waals surface area (Å²) in [5.74, 6) is 0.569. The molecule has 2 aromatic carbocycles. The van der Waals surface area contributed by atoms with E-state index in [0.29, 0.717) is 18.3 Å². The lowest BCUT2D eigenvalue weighted by atomic mass is 10.2. The second-order valence-corrected chi connectivity index (χ2v) is 4.87. The maximum atomic E-state index is 12.0. The van der Waals surface area contributed by atoms with Crippen molar-refractivity contribution in [2.75, 3.05) is 6.61 Å². The van der Waals surface area contributed by atoms with E-state index in [-0.39, 0.29) is 5.70 Å². The van der Waals surface area contributed by atoms with E-state index in [0.717, 1.165) is 11.1 Å². The van der Waals surface area contributed by atoms with Crippen molar-refractivity contribution in [3.05, 3.63) is 84.1 Å². The van der Waals surface area contributed by atoms with Crippen LogP contribution in [0.3, 0.4) is 0 Å². The predicted octanol–water partition coefficient (Wildman–Crippen LogP) is 3.60. The Morgan fingerprint density at radius 2 is 1.96 bits per heavy atom. The van der Waals surface area contributed by atoms with Gasteiger partial charge in [-0.15, -0.1) is 0 Å². The zero-order valence-electron chi connectivity index (χ0n) is 12.4. The van der Waals surface area contributed by atoms with E-state index in [1.54, 1.807) is 12.2 Å². The molecule has 0 unspecified atom stereocenters. The van der Waals surface area contributed by atoms with Gasteiger partial charge in [0.1, 0.15) is 12.4 Å². The number of esters is 1. The van der Waals surface area contributed by atoms with Crippen molar-refractivity contribution in [2.45, 2.75) is 0 Å². The van der Waals surface area contributed by atoms with Crippen LogP contribution in [0.2, 0.25) is 0 Å². The van der Waals surface area contributed by atoms with Crippen molar-refractivity contribution in [2.24, 2.45) is 4.99 Å². The smallest absolute Gasteiger partial charge is 0.363 e. The largest absolute Gasteiger partial charge is 0.490 e. The van der Waals surface area contributed by atoms with Crippen LogP contribution in [0.4, 0.5) is 0 Å². The molecule has 4 heteroatoms. The van der Waals surface area contributed by atoms with Crippen molar-refractivity contribution < 1.29 is 14.3 Å². The molecule has 0 saturated carbocycles. The number of cyclic esters (lactones) is 1. The van der Waals surface area contributed by atoms with Gasteiger partial charge in [0.15, 0.2) is 5.70 Å². The first kappa shape index (κ1) is 14.8. The minimum atomic E-state index is -0.457. The fourth-order valence-corrected chi connectivity index (χ4v) is 2.12. The molecule has 0 amide bonds. The normalized spacial score (nSPS) is 15.2. The summed E-state index contributed by atoms with van der Waals surface area (Å²) in [7, 11) is 0. The lowest BCUT2D eigenvalue weighted by Crippen LogP contribution is -2.04. The summed E-state index contributed by atoms with van der Waals surface area (Å²) in [4.78, 5) is 16.2. The number of nitrogens with zero attached hydrogens (tertiary/aromatic N) is 1. The fraction of sp³-hybridized carbons (Fsp3) is 0.0526. The third kappa shape index (κ3) is 3.55. The van der Waals surface area contributed by atoms with E-state index < -0.39 is 5.97 Å². The van der Waals surface area contributed by atoms with E-state index in [1.807, 2.05) is 54.6 Å². The third-order valence-corrected chi connectivity index (χ3v) is 3.17. The van der Waals surface area contributed by atoms with Gasteiger partial charge in [-0.25, -0.2) is 9.79 Å². The van der Waals surface area contributed by atoms with Crippen molar-refractivity contribution in [1.29, 1.82) is 0 Å². The van der Waals surface area contributed by atoms with E-state index in [4.69, 9.17) is 9.47 Å². The number of hydrogen-bond donors (Lipinski definition) is 0. The van der Waals surface area contributed by atoms with Gasteiger partial charge in [0.25, 0.3) is 0 Å². The molecule has 0 radical (unpaired) electrons. The lowest BCUT2D eigenvalue weighted by molar-refractivity contribution is -0.129. The maximum Gasteiger partial charge on any atom is 0.363 e. The molecule has 2 aromatic rings. The quantitative estimate of drug-likeness (QED) is 0.482. The van der Waals surface area contributed by atoms with Crippen LogP contribution in [0.25, 0.3) is 6.08 Å². The molecular formula is C19H15NO3. The van der Waals surface area contributed by atoms with Crippen LogP contribution < -0.4 is 4.74 Å². The van der Waals surface area contributed by atoms with Gasteiger partial charge in [0.2, 0.25) is 5.90 Å². The number of hydrogen-bond acceptors (Lipinski definition) is 4. The van der Waals surface area contributed by atoms with E-state index in [2.05, 4.69) is 11.6 Å². The summed E-state index contributed by atoms with van der Waals surface area (Å²) in [5, 5.41) is 0. The predicted molar refractivity (Wildman–Crippen MR) is 89.2 cm³/mol. The third-order valence-electron chi connectivity index (χ3n) is 3.17. The highest BCUT2D eigenvalue weighted by molar-refractivity contribution is 6.12. The topological polar surface area (TPSA) is 47.9 Å². The first-order chi connectivity index (χ1) is 11.3. The molecule has 0 saturated heterocycles. The number of ether oxygens (including phenoxy) is 2. The summed E-state index contributed by atoms with van der Waals surface area (Å²) in [6.45, 7) is 4.04. The fourth-order valence-electron chi connectivity index (χ4n) is 2.12. The van der Waals surface area contributed by atoms with Crippen molar-refractivity contribution in [3.8, 4) is 5.75 Å². The van der Waals surface area contributed by atoms with Crippen LogP contribution in [0.1, 0.15) is 11.1 Å². The molecule has 23 heavy (non-hydrogen) atoms. The van der Waals surface area contributed by atoms with E-state index >= 15 is 0 Å². The number of carbonyl (C=O) groups is 1. The highest BCUT2D eigenvalue weighted by Gasteiger charge is 2.23. The molecule has 1 aliphatic rings. The molecule has 0 fully saturated rings. The monoisotopic (exact) mass is 305 g/mol. The van der Waals surface area contributed by atoms with Gasteiger partial charge in [-0.2, -0.15) is 0 Å². The second kappa shape index (κ2) is 6.75. The molecule has 0 bridgehead atoms. The van der Waals surface area contributed by atoms with Gasteiger partial charge in [0.05, 0.1) is 0 Å². The Morgan fingerprint density at radius 3 is 2.74 bits per heavy atom. The van der Waals surface area contributed by atoms with Crippen molar-refractivity contribution in [1.82, 2.24) is 0 Å². The molecule has 0 atom stereocenters. The van der Waals surface area contributed by atoms with Crippen molar-refractivity contribution >= 4 is 17.9 Å². The highest BCUT2D eigenvalue weighted by Crippen LogP contribution is 2.21. The van der Waals surface area contributed by atoms with Gasteiger partial charge < -0.3 is 9.47 Å². The zero-order valence-corrected chi connectivity index (χ0v) is 12.4. The van der Waals surface area contributed by atoms with Crippen LogP contribution in [-0.4, -0.2) is 18.5 Å². The maximum absolute atomic E-state index is 12.0. The molecule has 0 aliphatic carbocycles. The van der Waals surface area contributed by atoms with Gasteiger partial charge in [-0.1, -0.05) is 43.0 Å². The van der Waals surface area contributed by atoms with Crippen molar-refractivity contribution in [3.63, 3.8) is 0 Å². The highest BCUT2D eigenvalue weighted by atomic mass is 16.6. The Morgan fingerprint density at radius 1 is 1.13 bits per heavy atom. The lowest BCUT2D eigenvalue weighted by Gasteiger charge is -2.03. The Bertz CT molecular complexity index is 791. The van der Waals surface area contributed by atoms with Crippen LogP contribution in [0.5, 0.6) is 5.75 Å². The molecule has 1 heterocycles. The average Bonchev–Trinajstić information content (AvgIpc) is 2.95. The Kier molecular flexibility index (Phi) is 4.34. The van der Waals surface area contributed by atoms with E-state index in [1.165, 1.54) is 0 Å². The van der Waals surface area contributed by atoms with E-state index in [9.17, 15) is 4.79 Å². The second-order valence-electron chi connectivity index (χ2n) is 4.87. The average molecular weight is 305 g/mol. The summed E-state index contributed by atoms with van der Waals surface area (Å²) in [5.41, 5.74) is 1.86. The molecule has 0 spiro atoms. The van der Waals surface area contributed by atoms with Gasteiger partial charge in [-0.05, 0) is 35.9 Å². The SMILES string of the molecule is C=CCOc1cccc(/C=C2\N=C(c3ccccc3)OC2=O)c1. The summed E-state index contributed by atoms with van der Waals surface area (Å²) in [6, 6.07) is 16.7. The Balaban J connectivity index is 1.86. The number of carbonyl (C=O) groups excluding carboxylic acids is 1. The molecule has 3 rings (SSSR count). The Labute approximate surface area is 134 Å². The Hall–Kier alpha value is -3.14. The molecule has 114 valence electrons. The first-order valence-corrected chi connectivity index (χ1v) is 7.18. The minimum Gasteiger partial charge on any atom is -0.490 e. The number of rotatable bonds is 5. The van der Waals surface area contributed by atoms with Gasteiger partial charge in [0, 0.05) is 5.56 Å². The van der Waals surface area contributed by atoms with Crippen LogP contribution in [0.15, 0.2) is 77.9 Å². The van der Waals surface area contributed by atoms with Crippen LogP contribution in [0, 0.1) is 0 Å². The first-order valence-electron chi connectivity index (χ1n) is 7.18. The number of aliphatic imine (C=N–C) groups is 1. The molecule has 0 aromatic heterocycles. The summed E-state index contributed by atoms with van der Waals surface area (Å²) >= 11 is 0. The molecule has 4 nitrogen and oxygen atoms in total. The molecular weight excluding hydrogens is 290 g/mol. The van der Waals surface area contributed by atoms with Crippen LogP contribution >= 0.6 is 0 Å².